The molecule has 0 aliphatic rings. The Kier molecular flexibility index (Phi) is 7.65. The number of allylic oxidation sites excluding steroid dienone is 1. The van der Waals surface area contributed by atoms with Crippen molar-refractivity contribution >= 4 is 13.9 Å². The van der Waals surface area contributed by atoms with Crippen LogP contribution in [0.5, 0.6) is 0 Å². The van der Waals surface area contributed by atoms with Crippen LogP contribution in [-0.2, 0) is 4.79 Å². The van der Waals surface area contributed by atoms with Crippen LogP contribution in [-0.4, -0.2) is 13.9 Å². The Hall–Kier alpha value is -0.373. The Morgan fingerprint density at radius 1 is 1.00 bits per heavy atom. The number of carbonyl (C=O) groups excluding carboxylic acids is 1. The van der Waals surface area contributed by atoms with E-state index in [0.717, 1.165) is 18.0 Å². The van der Waals surface area contributed by atoms with Gasteiger partial charge in [-0.2, -0.15) is 0 Å². The van der Waals surface area contributed by atoms with Crippen molar-refractivity contribution < 1.29 is 4.79 Å². The zero-order chi connectivity index (χ0) is 12.6. The second kappa shape index (κ2) is 7.83. The first kappa shape index (κ1) is 15.6. The van der Waals surface area contributed by atoms with Crippen LogP contribution in [0.2, 0.25) is 19.6 Å². The number of ketones is 1. The monoisotopic (exact) mass is 240 g/mol. The van der Waals surface area contributed by atoms with Crippen LogP contribution in [0.4, 0.5) is 0 Å². The second-order valence-electron chi connectivity index (χ2n) is 5.67. The molecule has 0 heterocycles. The fourth-order valence-corrected chi connectivity index (χ4v) is 2.60. The van der Waals surface area contributed by atoms with E-state index in [0.29, 0.717) is 5.78 Å². The van der Waals surface area contributed by atoms with Gasteiger partial charge in [0.25, 0.3) is 0 Å². The lowest BCUT2D eigenvalue weighted by atomic mass is 10.1. The fraction of sp³-hybridized carbons (Fsp3) is 0.786. The molecule has 0 saturated carbocycles. The minimum atomic E-state index is -1.45. The highest BCUT2D eigenvalue weighted by atomic mass is 28.3. The van der Waals surface area contributed by atoms with Gasteiger partial charge in [0.2, 0.25) is 0 Å². The Balaban J connectivity index is 3.63. The molecular weight excluding hydrogens is 212 g/mol. The highest BCUT2D eigenvalue weighted by Gasteiger charge is 2.22. The summed E-state index contributed by atoms with van der Waals surface area (Å²) in [4.78, 5) is 11.8. The van der Waals surface area contributed by atoms with Crippen molar-refractivity contribution in [2.45, 2.75) is 71.5 Å². The number of rotatable bonds is 9. The number of carbonyl (C=O) groups is 1. The molecule has 0 N–H and O–H groups in total. The molecule has 0 bridgehead atoms. The first-order chi connectivity index (χ1) is 7.39. The number of hydrogen-bond donors (Lipinski definition) is 0. The van der Waals surface area contributed by atoms with E-state index >= 15 is 0 Å². The van der Waals surface area contributed by atoms with Crippen LogP contribution >= 0.6 is 0 Å². The molecule has 94 valence electrons. The van der Waals surface area contributed by atoms with Gasteiger partial charge in [-0.05, 0) is 11.6 Å². The summed E-state index contributed by atoms with van der Waals surface area (Å²) in [5.74, 6) is 0.314. The maximum absolute atomic E-state index is 11.8. The SMILES string of the molecule is C=C(C(=O)CCCCCCCC)[Si](C)(C)C. The molecule has 0 aromatic heterocycles. The Labute approximate surface area is 102 Å². The lowest BCUT2D eigenvalue weighted by molar-refractivity contribution is -0.115. The van der Waals surface area contributed by atoms with Gasteiger partial charge in [-0.3, -0.25) is 4.79 Å². The molecule has 0 radical (unpaired) electrons. The first-order valence-electron chi connectivity index (χ1n) is 6.62. The van der Waals surface area contributed by atoms with E-state index in [2.05, 4.69) is 33.1 Å². The molecule has 0 aliphatic heterocycles. The Morgan fingerprint density at radius 2 is 1.50 bits per heavy atom. The number of unbranched alkanes of at least 4 members (excludes halogenated alkanes) is 5. The van der Waals surface area contributed by atoms with Crippen LogP contribution in [0.3, 0.4) is 0 Å². The fourth-order valence-electron chi connectivity index (χ4n) is 1.64. The van der Waals surface area contributed by atoms with E-state index < -0.39 is 8.07 Å². The van der Waals surface area contributed by atoms with Gasteiger partial charge in [0, 0.05) is 6.42 Å². The van der Waals surface area contributed by atoms with E-state index in [9.17, 15) is 4.79 Å². The Morgan fingerprint density at radius 3 is 2.00 bits per heavy atom. The lowest BCUT2D eigenvalue weighted by Gasteiger charge is -2.18. The van der Waals surface area contributed by atoms with Crippen molar-refractivity contribution in [3.8, 4) is 0 Å². The van der Waals surface area contributed by atoms with Gasteiger partial charge in [-0.25, -0.2) is 0 Å². The Bertz CT molecular complexity index is 225. The zero-order valence-electron chi connectivity index (χ0n) is 11.6. The number of hydrogen-bond acceptors (Lipinski definition) is 1. The third-order valence-corrected chi connectivity index (χ3v) is 5.09. The quantitative estimate of drug-likeness (QED) is 0.323. The summed E-state index contributed by atoms with van der Waals surface area (Å²) in [7, 11) is -1.45. The van der Waals surface area contributed by atoms with Crippen LogP contribution in [0, 0.1) is 0 Å². The molecule has 0 aliphatic carbocycles. The molecule has 2 heteroatoms. The van der Waals surface area contributed by atoms with E-state index in [-0.39, 0.29) is 0 Å². The maximum atomic E-state index is 11.8. The molecule has 0 spiro atoms. The van der Waals surface area contributed by atoms with Crippen molar-refractivity contribution in [3.05, 3.63) is 11.8 Å². The zero-order valence-corrected chi connectivity index (χ0v) is 12.6. The van der Waals surface area contributed by atoms with Crippen LogP contribution in [0.25, 0.3) is 0 Å². The molecule has 0 amide bonds. The van der Waals surface area contributed by atoms with Gasteiger partial charge in [-0.1, -0.05) is 65.2 Å². The highest BCUT2D eigenvalue weighted by Crippen LogP contribution is 2.16. The summed E-state index contributed by atoms with van der Waals surface area (Å²) >= 11 is 0. The van der Waals surface area contributed by atoms with E-state index in [1.165, 1.54) is 32.1 Å². The average Bonchev–Trinajstić information content (AvgIpc) is 2.20. The standard InChI is InChI=1S/C14H28OSi/c1-6-7-8-9-10-11-12-14(15)13(2)16(3,4)5/h2,6-12H2,1,3-5H3. The van der Waals surface area contributed by atoms with E-state index in [1.807, 2.05) is 0 Å². The molecule has 0 rings (SSSR count). The van der Waals surface area contributed by atoms with Crippen LogP contribution < -0.4 is 0 Å². The molecule has 0 saturated heterocycles. The summed E-state index contributed by atoms with van der Waals surface area (Å²) in [6.07, 6.45) is 8.17. The summed E-state index contributed by atoms with van der Waals surface area (Å²) in [5, 5.41) is 0.918. The second-order valence-corrected chi connectivity index (χ2v) is 10.8. The minimum absolute atomic E-state index is 0.314. The largest absolute Gasteiger partial charge is 0.295 e. The van der Waals surface area contributed by atoms with Crippen molar-refractivity contribution in [1.82, 2.24) is 0 Å². The molecular formula is C14H28OSi. The number of Topliss-reactive ketones (excluding diaryl/α,β-unsaturated/α-hetero) is 1. The van der Waals surface area contributed by atoms with Crippen molar-refractivity contribution in [1.29, 1.82) is 0 Å². The third-order valence-electron chi connectivity index (χ3n) is 3.00. The smallest absolute Gasteiger partial charge is 0.154 e. The minimum Gasteiger partial charge on any atom is -0.295 e. The van der Waals surface area contributed by atoms with Gasteiger partial charge in [0.1, 0.15) is 0 Å². The van der Waals surface area contributed by atoms with Crippen LogP contribution in [0.15, 0.2) is 11.8 Å². The first-order valence-corrected chi connectivity index (χ1v) is 10.1. The van der Waals surface area contributed by atoms with E-state index in [4.69, 9.17) is 0 Å². The molecule has 0 fully saturated rings. The van der Waals surface area contributed by atoms with Gasteiger partial charge >= 0.3 is 0 Å². The van der Waals surface area contributed by atoms with Crippen LogP contribution in [0.1, 0.15) is 51.9 Å². The van der Waals surface area contributed by atoms with Gasteiger partial charge in [-0.15, -0.1) is 0 Å². The summed E-state index contributed by atoms with van der Waals surface area (Å²) in [6.45, 7) is 12.8. The molecule has 0 atom stereocenters. The van der Waals surface area contributed by atoms with Gasteiger partial charge in [0.15, 0.2) is 5.78 Å². The van der Waals surface area contributed by atoms with Crippen molar-refractivity contribution in [3.63, 3.8) is 0 Å². The maximum Gasteiger partial charge on any atom is 0.154 e. The molecule has 0 aromatic carbocycles. The topological polar surface area (TPSA) is 17.1 Å². The van der Waals surface area contributed by atoms with Gasteiger partial charge in [0.05, 0.1) is 8.07 Å². The predicted molar refractivity (Wildman–Crippen MR) is 75.5 cm³/mol. The van der Waals surface area contributed by atoms with Crippen molar-refractivity contribution in [2.24, 2.45) is 0 Å². The molecule has 0 aromatic rings. The third kappa shape index (κ3) is 6.99. The van der Waals surface area contributed by atoms with Crippen molar-refractivity contribution in [2.75, 3.05) is 0 Å². The lowest BCUT2D eigenvalue weighted by Crippen LogP contribution is -2.28. The summed E-state index contributed by atoms with van der Waals surface area (Å²) in [6, 6.07) is 0. The summed E-state index contributed by atoms with van der Waals surface area (Å²) < 4.78 is 0. The van der Waals surface area contributed by atoms with Gasteiger partial charge < -0.3 is 0 Å². The molecule has 0 unspecified atom stereocenters. The molecule has 16 heavy (non-hydrogen) atoms. The normalized spacial score (nSPS) is 11.5. The average molecular weight is 240 g/mol. The predicted octanol–water partition coefficient (Wildman–Crippen LogP) is 4.74. The molecule has 1 nitrogen and oxygen atoms in total. The highest BCUT2D eigenvalue weighted by molar-refractivity contribution is 6.87. The summed E-state index contributed by atoms with van der Waals surface area (Å²) in [5.41, 5.74) is 0. The van der Waals surface area contributed by atoms with E-state index in [1.54, 1.807) is 0 Å².